The molecule has 2 aliphatic heterocycles. The molecule has 0 saturated carbocycles. The molecule has 0 bridgehead atoms. The normalized spacial score (nSPS) is 23.3. The molecule has 2 aliphatic rings. The van der Waals surface area contributed by atoms with Crippen LogP contribution in [0.1, 0.15) is 38.7 Å². The van der Waals surface area contributed by atoms with E-state index in [1.807, 2.05) is 44.2 Å². The number of piperidine rings is 1. The van der Waals surface area contributed by atoms with Crippen molar-refractivity contribution in [1.29, 1.82) is 0 Å². The van der Waals surface area contributed by atoms with E-state index in [1.165, 1.54) is 4.90 Å². The van der Waals surface area contributed by atoms with Crippen molar-refractivity contribution in [2.24, 2.45) is 11.3 Å². The fraction of sp³-hybridized carbons (Fsp3) is 0.571. The number of benzene rings is 1. The number of hydrogen-bond donors (Lipinski definition) is 1. The molecule has 2 heterocycles. The fourth-order valence-electron chi connectivity index (χ4n) is 4.36. The molecular formula is C21H28N2O5. The van der Waals surface area contributed by atoms with Gasteiger partial charge >= 0.3 is 12.1 Å². The first-order valence-electron chi connectivity index (χ1n) is 9.83. The van der Waals surface area contributed by atoms with Gasteiger partial charge in [-0.1, -0.05) is 44.2 Å². The number of carbonyl (C=O) groups excluding carboxylic acids is 2. The van der Waals surface area contributed by atoms with Gasteiger partial charge in [0.05, 0.1) is 5.41 Å². The number of carbonyl (C=O) groups is 3. The molecule has 0 aromatic heterocycles. The molecule has 28 heavy (non-hydrogen) atoms. The molecule has 7 heteroatoms. The lowest BCUT2D eigenvalue weighted by Crippen LogP contribution is -2.53. The Balaban J connectivity index is 1.71. The third-order valence-corrected chi connectivity index (χ3v) is 5.83. The Morgan fingerprint density at radius 1 is 1.18 bits per heavy atom. The van der Waals surface area contributed by atoms with E-state index in [9.17, 15) is 19.5 Å². The topological polar surface area (TPSA) is 87.2 Å². The van der Waals surface area contributed by atoms with Crippen molar-refractivity contribution in [1.82, 2.24) is 9.80 Å². The molecule has 1 unspecified atom stereocenters. The smallest absolute Gasteiger partial charge is 0.407 e. The van der Waals surface area contributed by atoms with Crippen LogP contribution in [0.3, 0.4) is 0 Å². The van der Waals surface area contributed by atoms with E-state index in [4.69, 9.17) is 4.74 Å². The zero-order valence-corrected chi connectivity index (χ0v) is 16.5. The van der Waals surface area contributed by atoms with Crippen LogP contribution in [0, 0.1) is 11.3 Å². The van der Waals surface area contributed by atoms with Crippen molar-refractivity contribution in [2.45, 2.75) is 45.8 Å². The third-order valence-electron chi connectivity index (χ3n) is 5.83. The maximum atomic E-state index is 13.3. The number of amides is 2. The van der Waals surface area contributed by atoms with Gasteiger partial charge in [-0.3, -0.25) is 4.79 Å². The highest BCUT2D eigenvalue weighted by Gasteiger charge is 2.52. The van der Waals surface area contributed by atoms with E-state index in [2.05, 4.69) is 0 Å². The second-order valence-electron chi connectivity index (χ2n) is 8.12. The summed E-state index contributed by atoms with van der Waals surface area (Å²) in [6.45, 7) is 5.09. The highest BCUT2D eigenvalue weighted by molar-refractivity contribution is 5.90. The average Bonchev–Trinajstić information content (AvgIpc) is 2.97. The van der Waals surface area contributed by atoms with Gasteiger partial charge in [0.25, 0.3) is 0 Å². The Labute approximate surface area is 165 Å². The Bertz CT molecular complexity index is 736. The SMILES string of the molecule is CC(C)C(C(=O)OCc1ccccc1)N1CC[C@@]2(CCCN(C(=O)O)C2)C1=O. The van der Waals surface area contributed by atoms with E-state index < -0.39 is 23.5 Å². The summed E-state index contributed by atoms with van der Waals surface area (Å²) in [5, 5.41) is 9.32. The Morgan fingerprint density at radius 2 is 1.89 bits per heavy atom. The van der Waals surface area contributed by atoms with Gasteiger partial charge < -0.3 is 19.6 Å². The molecule has 0 radical (unpaired) electrons. The minimum absolute atomic E-state index is 0.0958. The molecule has 1 aromatic rings. The second-order valence-corrected chi connectivity index (χ2v) is 8.12. The molecule has 1 N–H and O–H groups in total. The molecule has 7 nitrogen and oxygen atoms in total. The quantitative estimate of drug-likeness (QED) is 0.784. The molecule has 2 atom stereocenters. The Hall–Kier alpha value is -2.57. The largest absolute Gasteiger partial charge is 0.465 e. The van der Waals surface area contributed by atoms with Crippen molar-refractivity contribution >= 4 is 18.0 Å². The minimum atomic E-state index is -0.993. The van der Waals surface area contributed by atoms with Gasteiger partial charge in [-0.2, -0.15) is 0 Å². The average molecular weight is 388 g/mol. The van der Waals surface area contributed by atoms with Crippen LogP contribution in [0.5, 0.6) is 0 Å². The van der Waals surface area contributed by atoms with Crippen molar-refractivity contribution in [3.05, 3.63) is 35.9 Å². The molecule has 1 spiro atoms. The zero-order chi connectivity index (χ0) is 20.3. The summed E-state index contributed by atoms with van der Waals surface area (Å²) in [6, 6.07) is 8.78. The van der Waals surface area contributed by atoms with Crippen molar-refractivity contribution < 1.29 is 24.2 Å². The van der Waals surface area contributed by atoms with Gasteiger partial charge in [0.15, 0.2) is 0 Å². The number of rotatable bonds is 5. The molecule has 1 aromatic carbocycles. The number of hydrogen-bond acceptors (Lipinski definition) is 4. The standard InChI is InChI=1S/C21H28N2O5/c1-15(2)17(18(24)28-13-16-7-4-3-5-8-16)23-12-10-21(19(23)25)9-6-11-22(14-21)20(26)27/h3-5,7-8,15,17H,6,9-14H2,1-2H3,(H,26,27)/t17?,21-/m1/s1. The Kier molecular flexibility index (Phi) is 5.91. The van der Waals surface area contributed by atoms with E-state index >= 15 is 0 Å². The molecular weight excluding hydrogens is 360 g/mol. The van der Waals surface area contributed by atoms with Gasteiger partial charge in [-0.15, -0.1) is 0 Å². The summed E-state index contributed by atoms with van der Waals surface area (Å²) in [5.74, 6) is -0.620. The third kappa shape index (κ3) is 3.98. The van der Waals surface area contributed by atoms with Gasteiger partial charge in [0.1, 0.15) is 12.6 Å². The van der Waals surface area contributed by atoms with Gasteiger partial charge in [0, 0.05) is 19.6 Å². The first-order valence-corrected chi connectivity index (χ1v) is 9.83. The van der Waals surface area contributed by atoms with Crippen molar-refractivity contribution in [3.63, 3.8) is 0 Å². The lowest BCUT2D eigenvalue weighted by atomic mass is 9.78. The maximum absolute atomic E-state index is 13.3. The summed E-state index contributed by atoms with van der Waals surface area (Å²) in [5.41, 5.74) is 0.190. The highest BCUT2D eigenvalue weighted by atomic mass is 16.5. The summed E-state index contributed by atoms with van der Waals surface area (Å²) < 4.78 is 5.51. The lowest BCUT2D eigenvalue weighted by Gasteiger charge is -2.38. The minimum Gasteiger partial charge on any atom is -0.465 e. The van der Waals surface area contributed by atoms with Gasteiger partial charge in [-0.05, 0) is 30.7 Å². The second kappa shape index (κ2) is 8.20. The molecule has 3 rings (SSSR count). The molecule has 0 aliphatic carbocycles. The fourth-order valence-corrected chi connectivity index (χ4v) is 4.36. The van der Waals surface area contributed by atoms with Crippen LogP contribution in [0.25, 0.3) is 0 Å². The van der Waals surface area contributed by atoms with Gasteiger partial charge in [-0.25, -0.2) is 9.59 Å². The summed E-state index contributed by atoms with van der Waals surface area (Å²) >= 11 is 0. The number of nitrogens with zero attached hydrogens (tertiary/aromatic N) is 2. The van der Waals surface area contributed by atoms with E-state index in [1.54, 1.807) is 4.90 Å². The number of likely N-dealkylation sites (tertiary alicyclic amines) is 2. The monoisotopic (exact) mass is 388 g/mol. The van der Waals surface area contributed by atoms with Crippen LogP contribution in [-0.2, 0) is 20.9 Å². The van der Waals surface area contributed by atoms with E-state index in [-0.39, 0.29) is 25.0 Å². The van der Waals surface area contributed by atoms with E-state index in [0.29, 0.717) is 32.4 Å². The Morgan fingerprint density at radius 3 is 2.54 bits per heavy atom. The number of esters is 1. The zero-order valence-electron chi connectivity index (χ0n) is 16.5. The number of ether oxygens (including phenoxy) is 1. The highest BCUT2D eigenvalue weighted by Crippen LogP contribution is 2.41. The summed E-state index contributed by atoms with van der Waals surface area (Å²) in [7, 11) is 0. The maximum Gasteiger partial charge on any atom is 0.407 e. The predicted molar refractivity (Wildman–Crippen MR) is 102 cm³/mol. The van der Waals surface area contributed by atoms with E-state index in [0.717, 1.165) is 5.56 Å². The van der Waals surface area contributed by atoms with Crippen LogP contribution in [0.4, 0.5) is 4.79 Å². The number of carboxylic acid groups (broad SMARTS) is 1. The molecule has 152 valence electrons. The van der Waals surface area contributed by atoms with Crippen LogP contribution in [0.15, 0.2) is 30.3 Å². The van der Waals surface area contributed by atoms with Gasteiger partial charge in [0.2, 0.25) is 5.91 Å². The summed E-state index contributed by atoms with van der Waals surface area (Å²) in [6.07, 6.45) is 0.908. The van der Waals surface area contributed by atoms with Crippen LogP contribution in [-0.4, -0.2) is 58.6 Å². The van der Waals surface area contributed by atoms with Crippen LogP contribution >= 0.6 is 0 Å². The van der Waals surface area contributed by atoms with Crippen molar-refractivity contribution in [2.75, 3.05) is 19.6 Å². The predicted octanol–water partition coefficient (Wildman–Crippen LogP) is 2.75. The first kappa shape index (κ1) is 20.2. The summed E-state index contributed by atoms with van der Waals surface area (Å²) in [4.78, 5) is 40.4. The van der Waals surface area contributed by atoms with Crippen molar-refractivity contribution in [3.8, 4) is 0 Å². The lowest BCUT2D eigenvalue weighted by molar-refractivity contribution is -0.159. The molecule has 2 saturated heterocycles. The van der Waals surface area contributed by atoms with Crippen LogP contribution in [0.2, 0.25) is 0 Å². The first-order chi connectivity index (χ1) is 13.3. The van der Waals surface area contributed by atoms with Crippen LogP contribution < -0.4 is 0 Å². The molecule has 2 amide bonds. The molecule has 2 fully saturated rings.